The Morgan fingerprint density at radius 2 is 1.64 bits per heavy atom. The molecule has 0 aliphatic rings. The summed E-state index contributed by atoms with van der Waals surface area (Å²) in [5, 5.41) is 22.7. The predicted octanol–water partition coefficient (Wildman–Crippen LogP) is 4.35. The van der Waals surface area contributed by atoms with Gasteiger partial charge in [-0.15, -0.1) is 0 Å². The highest BCUT2D eigenvalue weighted by Gasteiger charge is 2.33. The number of amides is 5. The van der Waals surface area contributed by atoms with Gasteiger partial charge in [0.25, 0.3) is 0 Å². The van der Waals surface area contributed by atoms with Crippen LogP contribution in [0.5, 0.6) is 0 Å². The fourth-order valence-corrected chi connectivity index (χ4v) is 5.52. The van der Waals surface area contributed by atoms with Crippen LogP contribution in [-0.2, 0) is 25.6 Å². The SMILES string of the molecule is CCOC(OCC)[C@@H](C)C(NC(=O)[C@H](CCCCNC(=O)O)NC(=O)CN(C)NC(=O)NCc1ccc(Cl)cc1)c1cccc2cccnc12. The van der Waals surface area contributed by atoms with E-state index in [2.05, 4.69) is 31.7 Å². The van der Waals surface area contributed by atoms with E-state index in [1.165, 1.54) is 12.1 Å². The van der Waals surface area contributed by atoms with Crippen LogP contribution in [0.25, 0.3) is 10.9 Å². The first-order valence-corrected chi connectivity index (χ1v) is 17.0. The average Bonchev–Trinajstić information content (AvgIpc) is 3.08. The van der Waals surface area contributed by atoms with Gasteiger partial charge in [-0.3, -0.25) is 20.0 Å². The van der Waals surface area contributed by atoms with Crippen LogP contribution in [0.2, 0.25) is 5.02 Å². The minimum atomic E-state index is -1.14. The third-order valence-corrected chi connectivity index (χ3v) is 8.05. The van der Waals surface area contributed by atoms with Gasteiger partial charge in [-0.25, -0.2) is 14.6 Å². The van der Waals surface area contributed by atoms with Gasteiger partial charge in [-0.2, -0.15) is 0 Å². The minimum absolute atomic E-state index is 0.196. The topological polar surface area (TPSA) is 183 Å². The van der Waals surface area contributed by atoms with Crippen molar-refractivity contribution in [3.05, 3.63) is 76.9 Å². The van der Waals surface area contributed by atoms with Crippen LogP contribution >= 0.6 is 11.6 Å². The number of nitrogens with one attached hydrogen (secondary N) is 5. The summed E-state index contributed by atoms with van der Waals surface area (Å²) in [6.45, 7) is 6.65. The molecule has 0 fully saturated rings. The maximum absolute atomic E-state index is 14.1. The van der Waals surface area contributed by atoms with Gasteiger partial charge in [0.05, 0.1) is 18.1 Å². The van der Waals surface area contributed by atoms with Gasteiger partial charge in [-0.1, -0.05) is 54.9 Å². The standard InChI is InChI=1S/C35H48ClN7O7/c1-5-49-33(50-6-2)23(3)30(27-13-9-11-25-12-10-20-37-31(25)27)41-32(45)28(14-7-8-19-38-35(47)48)40-29(44)22-43(4)42-34(46)39-21-24-15-17-26(36)18-16-24/h9-13,15-18,20,23,28,30,33,38H,5-8,14,19,21-22H2,1-4H3,(H,40,44)(H,41,45)(H,47,48)(H2,39,42,46)/t23-,28-,30?/m0/s1. The van der Waals surface area contributed by atoms with Gasteiger partial charge < -0.3 is 35.8 Å². The predicted molar refractivity (Wildman–Crippen MR) is 190 cm³/mol. The van der Waals surface area contributed by atoms with Gasteiger partial charge >= 0.3 is 12.1 Å². The number of hydrogen-bond donors (Lipinski definition) is 6. The van der Waals surface area contributed by atoms with Crippen LogP contribution in [-0.4, -0.2) is 84.7 Å². The molecule has 0 aliphatic carbocycles. The van der Waals surface area contributed by atoms with Crippen LogP contribution in [0.4, 0.5) is 9.59 Å². The maximum Gasteiger partial charge on any atom is 0.404 e. The Labute approximate surface area is 297 Å². The number of nitrogens with zero attached hydrogens (tertiary/aromatic N) is 2. The number of halogens is 1. The van der Waals surface area contributed by atoms with Crippen LogP contribution in [0.15, 0.2) is 60.8 Å². The van der Waals surface area contributed by atoms with Crippen molar-refractivity contribution in [1.82, 2.24) is 36.7 Å². The summed E-state index contributed by atoms with van der Waals surface area (Å²) in [5.74, 6) is -1.33. The number of carboxylic acid groups (broad SMARTS) is 1. The highest BCUT2D eigenvalue weighted by atomic mass is 35.5. The fourth-order valence-electron chi connectivity index (χ4n) is 5.39. The molecule has 50 heavy (non-hydrogen) atoms. The number of hydrogen-bond acceptors (Lipinski definition) is 8. The molecule has 1 aromatic heterocycles. The number of hydrazine groups is 1. The number of ether oxygens (including phenoxy) is 2. The number of rotatable bonds is 20. The summed E-state index contributed by atoms with van der Waals surface area (Å²) >= 11 is 5.92. The zero-order valence-corrected chi connectivity index (χ0v) is 29.7. The maximum atomic E-state index is 14.1. The van der Waals surface area contributed by atoms with E-state index in [9.17, 15) is 19.2 Å². The van der Waals surface area contributed by atoms with E-state index in [1.54, 1.807) is 30.5 Å². The second-order valence-electron chi connectivity index (χ2n) is 11.7. The van der Waals surface area contributed by atoms with Crippen molar-refractivity contribution >= 4 is 46.4 Å². The molecule has 1 unspecified atom stereocenters. The number of urea groups is 1. The van der Waals surface area contributed by atoms with E-state index in [0.29, 0.717) is 36.6 Å². The van der Waals surface area contributed by atoms with Crippen molar-refractivity contribution in [2.24, 2.45) is 5.92 Å². The molecule has 3 aromatic rings. The lowest BCUT2D eigenvalue weighted by Crippen LogP contribution is -2.53. The Kier molecular flexibility index (Phi) is 16.7. The smallest absolute Gasteiger partial charge is 0.404 e. The van der Waals surface area contributed by atoms with Gasteiger partial charge in [0.15, 0.2) is 6.29 Å². The molecule has 14 nitrogen and oxygen atoms in total. The molecule has 3 rings (SSSR count). The van der Waals surface area contributed by atoms with Crippen LogP contribution in [0.1, 0.15) is 57.2 Å². The first-order chi connectivity index (χ1) is 24.0. The summed E-state index contributed by atoms with van der Waals surface area (Å²) in [5.41, 5.74) is 4.90. The van der Waals surface area contributed by atoms with E-state index >= 15 is 0 Å². The van der Waals surface area contributed by atoms with Crippen molar-refractivity contribution in [3.8, 4) is 0 Å². The Bertz CT molecular complexity index is 1530. The molecule has 0 spiro atoms. The number of pyridine rings is 1. The average molecular weight is 714 g/mol. The molecule has 5 amide bonds. The van der Waals surface area contributed by atoms with Crippen molar-refractivity contribution in [3.63, 3.8) is 0 Å². The van der Waals surface area contributed by atoms with Crippen LogP contribution < -0.4 is 26.7 Å². The van der Waals surface area contributed by atoms with E-state index in [4.69, 9.17) is 26.2 Å². The third-order valence-electron chi connectivity index (χ3n) is 7.80. The van der Waals surface area contributed by atoms with Crippen molar-refractivity contribution < 1.29 is 33.8 Å². The highest BCUT2D eigenvalue weighted by molar-refractivity contribution is 6.30. The van der Waals surface area contributed by atoms with Gasteiger partial charge in [0, 0.05) is 61.4 Å². The summed E-state index contributed by atoms with van der Waals surface area (Å²) in [6, 6.07) is 14.4. The molecule has 0 bridgehead atoms. The summed E-state index contributed by atoms with van der Waals surface area (Å²) in [4.78, 5) is 55.3. The van der Waals surface area contributed by atoms with E-state index in [0.717, 1.165) is 16.5 Å². The minimum Gasteiger partial charge on any atom is -0.465 e. The van der Waals surface area contributed by atoms with E-state index in [1.807, 2.05) is 51.1 Å². The van der Waals surface area contributed by atoms with Crippen molar-refractivity contribution in [2.75, 3.05) is 33.4 Å². The molecule has 1 heterocycles. The molecule has 2 aromatic carbocycles. The second-order valence-corrected chi connectivity index (χ2v) is 12.1. The monoisotopic (exact) mass is 713 g/mol. The number of carbonyl (C=O) groups is 4. The lowest BCUT2D eigenvalue weighted by Gasteiger charge is -2.33. The van der Waals surface area contributed by atoms with Crippen molar-refractivity contribution in [1.29, 1.82) is 0 Å². The molecule has 0 saturated heterocycles. The Morgan fingerprint density at radius 3 is 2.32 bits per heavy atom. The number of carbonyl (C=O) groups excluding carboxylic acids is 3. The zero-order valence-electron chi connectivity index (χ0n) is 28.9. The number of aromatic nitrogens is 1. The zero-order chi connectivity index (χ0) is 36.5. The molecule has 15 heteroatoms. The Balaban J connectivity index is 1.76. The molecule has 272 valence electrons. The number of likely N-dealkylation sites (N-methyl/N-ethyl adjacent to an activating group) is 1. The normalized spacial score (nSPS) is 13.0. The lowest BCUT2D eigenvalue weighted by atomic mass is 9.91. The molecule has 0 aliphatic heterocycles. The quantitative estimate of drug-likeness (QED) is 0.0563. The largest absolute Gasteiger partial charge is 0.465 e. The Hall–Kier alpha value is -4.50. The summed E-state index contributed by atoms with van der Waals surface area (Å²) < 4.78 is 11.9. The summed E-state index contributed by atoms with van der Waals surface area (Å²) in [7, 11) is 1.53. The molecule has 0 radical (unpaired) electrons. The van der Waals surface area contributed by atoms with E-state index in [-0.39, 0.29) is 32.0 Å². The molecular formula is C35H48ClN7O7. The number of fused-ring (bicyclic) bond motifs is 1. The fraction of sp³-hybridized carbons (Fsp3) is 0.457. The number of unbranched alkanes of at least 4 members (excludes halogenated alkanes) is 1. The number of benzene rings is 2. The van der Waals surface area contributed by atoms with Crippen LogP contribution in [0, 0.1) is 5.92 Å². The highest BCUT2D eigenvalue weighted by Crippen LogP contribution is 2.31. The Morgan fingerprint density at radius 1 is 0.940 bits per heavy atom. The van der Waals surface area contributed by atoms with Gasteiger partial charge in [-0.05, 0) is 56.9 Å². The van der Waals surface area contributed by atoms with Crippen molar-refractivity contribution in [2.45, 2.75) is 65.0 Å². The first-order valence-electron chi connectivity index (χ1n) is 16.7. The lowest BCUT2D eigenvalue weighted by molar-refractivity contribution is -0.170. The van der Waals surface area contributed by atoms with Crippen LogP contribution in [0.3, 0.4) is 0 Å². The number of para-hydroxylation sites is 1. The third kappa shape index (κ3) is 13.1. The van der Waals surface area contributed by atoms with E-state index < -0.39 is 42.3 Å². The molecule has 6 N–H and O–H groups in total. The molecule has 0 saturated carbocycles. The second kappa shape index (κ2) is 20.9. The van der Waals surface area contributed by atoms with Gasteiger partial charge in [0.1, 0.15) is 6.04 Å². The van der Waals surface area contributed by atoms with Gasteiger partial charge in [0.2, 0.25) is 11.8 Å². The summed E-state index contributed by atoms with van der Waals surface area (Å²) in [6.07, 6.45) is 1.03. The molecule has 3 atom stereocenters. The molecular weight excluding hydrogens is 666 g/mol. The first kappa shape index (κ1) is 39.9.